The maximum atomic E-state index is 9.78. The van der Waals surface area contributed by atoms with Crippen molar-refractivity contribution in [3.63, 3.8) is 0 Å². The summed E-state index contributed by atoms with van der Waals surface area (Å²) in [5.74, 6) is 0. The Balaban J connectivity index is 0. The van der Waals surface area contributed by atoms with Gasteiger partial charge in [0.25, 0.3) is 6.47 Å². The fourth-order valence-corrected chi connectivity index (χ4v) is 0.290. The first-order valence-corrected chi connectivity index (χ1v) is 4.04. The average molecular weight is 205 g/mol. The molecule has 3 N–H and O–H groups in total. The third-order valence-corrected chi connectivity index (χ3v) is 1.44. The number of carbonyl (C=O) groups is 2. The minimum atomic E-state index is -0.852. The van der Waals surface area contributed by atoms with Crippen LogP contribution < -0.4 is 5.73 Å². The lowest BCUT2D eigenvalue weighted by Gasteiger charge is -2.05. The first-order valence-electron chi connectivity index (χ1n) is 4.04. The number of nitrogens with two attached hydrogens (primary N) is 1. The predicted octanol–water partition coefficient (Wildman–Crippen LogP) is 0.940. The second-order valence-corrected chi connectivity index (χ2v) is 2.46. The van der Waals surface area contributed by atoms with Gasteiger partial charge in [-0.15, -0.1) is 4.91 Å². The van der Waals surface area contributed by atoms with Gasteiger partial charge in [0.05, 0.1) is 5.29 Å². The molecule has 1 fully saturated rings. The molecule has 0 bridgehead atoms. The molecule has 0 radical (unpaired) electrons. The van der Waals surface area contributed by atoms with Crippen molar-refractivity contribution in [1.29, 1.82) is 0 Å². The Hall–Kier alpha value is -1.66. The van der Waals surface area contributed by atoms with Crippen LogP contribution in [0.4, 0.5) is 4.79 Å². The van der Waals surface area contributed by atoms with Crippen molar-refractivity contribution >= 4 is 12.5 Å². The molecule has 82 valence electrons. The lowest BCUT2D eigenvalue weighted by molar-refractivity contribution is -0.122. The van der Waals surface area contributed by atoms with Crippen molar-refractivity contribution < 1.29 is 14.7 Å². The molecule has 0 aromatic carbocycles. The van der Waals surface area contributed by atoms with E-state index in [0.717, 1.165) is 0 Å². The topological polar surface area (TPSA) is 113 Å². The summed E-state index contributed by atoms with van der Waals surface area (Å²) in [6.45, 7) is -0.250. The summed E-state index contributed by atoms with van der Waals surface area (Å²) in [6, 6.07) is -0.852. The van der Waals surface area contributed by atoms with Crippen molar-refractivity contribution in [2.75, 3.05) is 7.05 Å². The number of primary amides is 1. The van der Waals surface area contributed by atoms with Gasteiger partial charge >= 0.3 is 6.03 Å². The van der Waals surface area contributed by atoms with Gasteiger partial charge in [0.1, 0.15) is 0 Å². The molecule has 0 atom stereocenters. The smallest absolute Gasteiger partial charge is 0.337 e. The van der Waals surface area contributed by atoms with Crippen molar-refractivity contribution in [3.8, 4) is 0 Å². The summed E-state index contributed by atoms with van der Waals surface area (Å²) in [4.78, 5) is 27.5. The summed E-state index contributed by atoms with van der Waals surface area (Å²) >= 11 is 0. The third kappa shape index (κ3) is 13.0. The van der Waals surface area contributed by atoms with Crippen LogP contribution in [-0.2, 0) is 4.79 Å². The Labute approximate surface area is 81.8 Å². The second-order valence-electron chi connectivity index (χ2n) is 2.46. The monoisotopic (exact) mass is 205 g/mol. The lowest BCUT2D eigenvalue weighted by atomic mass is 10.0. The van der Waals surface area contributed by atoms with Crippen LogP contribution in [0.15, 0.2) is 5.29 Å². The molecule has 2 amide bonds. The van der Waals surface area contributed by atoms with Crippen molar-refractivity contribution in [3.05, 3.63) is 4.91 Å². The van der Waals surface area contributed by atoms with Gasteiger partial charge in [0.2, 0.25) is 0 Å². The molecule has 1 rings (SSSR count). The minimum Gasteiger partial charge on any atom is -0.483 e. The Bertz CT molecular complexity index is 166. The number of nitrogens with zero attached hydrogens (tertiary/aromatic N) is 2. The number of carbonyl (C=O) groups excluding carboxylic acids is 1. The molecule has 0 spiro atoms. The van der Waals surface area contributed by atoms with E-state index in [9.17, 15) is 9.70 Å². The molecule has 7 heteroatoms. The Kier molecular flexibility index (Phi) is 12.0. The van der Waals surface area contributed by atoms with E-state index < -0.39 is 6.03 Å². The van der Waals surface area contributed by atoms with E-state index >= 15 is 0 Å². The zero-order chi connectivity index (χ0) is 11.4. The fourth-order valence-electron chi connectivity index (χ4n) is 0.290. The van der Waals surface area contributed by atoms with Gasteiger partial charge in [-0.3, -0.25) is 4.79 Å². The molecule has 7 nitrogen and oxygen atoms in total. The highest BCUT2D eigenvalue weighted by molar-refractivity contribution is 5.71. The molecule has 0 aliphatic heterocycles. The molecule has 0 aromatic heterocycles. The van der Waals surface area contributed by atoms with Gasteiger partial charge in [-0.25, -0.2) is 4.79 Å². The minimum absolute atomic E-state index is 0.250. The molecule has 1 saturated carbocycles. The largest absolute Gasteiger partial charge is 0.483 e. The summed E-state index contributed by atoms with van der Waals surface area (Å²) in [6.07, 6.45) is 6.00. The first kappa shape index (κ1) is 14.8. The van der Waals surface area contributed by atoms with Crippen LogP contribution in [0.5, 0.6) is 0 Å². The maximum Gasteiger partial charge on any atom is 0.337 e. The Morgan fingerprint density at radius 3 is 1.71 bits per heavy atom. The van der Waals surface area contributed by atoms with E-state index in [-0.39, 0.29) is 6.47 Å². The quantitative estimate of drug-likeness (QED) is 0.376. The van der Waals surface area contributed by atoms with E-state index in [1.54, 1.807) is 0 Å². The van der Waals surface area contributed by atoms with E-state index in [1.165, 1.54) is 32.7 Å². The van der Waals surface area contributed by atoms with Gasteiger partial charge in [0.15, 0.2) is 0 Å². The highest BCUT2D eigenvalue weighted by Crippen LogP contribution is 2.15. The molecule has 0 aromatic rings. The van der Waals surface area contributed by atoms with E-state index in [4.69, 9.17) is 9.90 Å². The molecule has 1 aliphatic rings. The van der Waals surface area contributed by atoms with Gasteiger partial charge < -0.3 is 10.8 Å². The number of hydrogen-bond acceptors (Lipinski definition) is 4. The highest BCUT2D eigenvalue weighted by atomic mass is 16.3. The second kappa shape index (κ2) is 11.3. The number of urea groups is 1. The van der Waals surface area contributed by atoms with Crippen molar-refractivity contribution in [2.45, 2.75) is 25.7 Å². The van der Waals surface area contributed by atoms with E-state index in [2.05, 4.69) is 11.0 Å². The van der Waals surface area contributed by atoms with Gasteiger partial charge in [-0.2, -0.15) is 5.01 Å². The lowest BCUT2D eigenvalue weighted by Crippen LogP contribution is -2.26. The van der Waals surface area contributed by atoms with Crippen LogP contribution in [0, 0.1) is 4.91 Å². The Morgan fingerprint density at radius 2 is 1.71 bits per heavy atom. The van der Waals surface area contributed by atoms with Crippen LogP contribution in [0.25, 0.3) is 0 Å². The number of nitroso groups, excluding NO2 is 1. The standard InChI is InChI=1S/C4H8.C2H5N3O2.CH2O2/c1-2-4-3-1;1-5(4-7)2(3)6;2-1-3/h1-4H2;1H3,(H2,3,6);1H,(H,2,3). The van der Waals surface area contributed by atoms with Crippen LogP contribution in [-0.4, -0.2) is 29.7 Å². The molecular weight excluding hydrogens is 190 g/mol. The summed E-state index contributed by atoms with van der Waals surface area (Å²) < 4.78 is 0. The van der Waals surface area contributed by atoms with Crippen molar-refractivity contribution in [2.24, 2.45) is 11.0 Å². The zero-order valence-electron chi connectivity index (χ0n) is 8.05. The maximum absolute atomic E-state index is 9.78. The number of carboxylic acid groups (broad SMARTS) is 1. The molecule has 0 saturated heterocycles. The van der Waals surface area contributed by atoms with Crippen molar-refractivity contribution in [1.82, 2.24) is 5.01 Å². The normalized spacial score (nSPS) is 11.5. The van der Waals surface area contributed by atoms with E-state index in [1.807, 2.05) is 0 Å². The number of amides is 2. The van der Waals surface area contributed by atoms with Gasteiger partial charge in [-0.1, -0.05) is 25.7 Å². The zero-order valence-corrected chi connectivity index (χ0v) is 8.05. The number of hydrogen-bond donors (Lipinski definition) is 2. The summed E-state index contributed by atoms with van der Waals surface area (Å²) in [7, 11) is 1.18. The van der Waals surface area contributed by atoms with Crippen LogP contribution in [0.2, 0.25) is 0 Å². The molecule has 0 unspecified atom stereocenters. The summed E-state index contributed by atoms with van der Waals surface area (Å²) in [5, 5.41) is 9.59. The van der Waals surface area contributed by atoms with E-state index in [0.29, 0.717) is 5.01 Å². The summed E-state index contributed by atoms with van der Waals surface area (Å²) in [5.41, 5.74) is 4.54. The van der Waals surface area contributed by atoms with Gasteiger partial charge in [0, 0.05) is 7.05 Å². The predicted molar refractivity (Wildman–Crippen MR) is 50.3 cm³/mol. The highest BCUT2D eigenvalue weighted by Gasteiger charge is 1.97. The van der Waals surface area contributed by atoms with Crippen LogP contribution in [0.1, 0.15) is 25.7 Å². The molecule has 1 aliphatic carbocycles. The SMILES string of the molecule is C1CCC1.CN(N=O)C(N)=O.O=CO. The molecule has 14 heavy (non-hydrogen) atoms. The van der Waals surface area contributed by atoms with Crippen LogP contribution >= 0.6 is 0 Å². The molecule has 0 heterocycles. The average Bonchev–Trinajstić information content (AvgIpc) is 2.01. The molecular formula is C7H15N3O4. The first-order chi connectivity index (χ1) is 6.59. The fraction of sp³-hybridized carbons (Fsp3) is 0.714. The number of rotatable bonds is 1. The van der Waals surface area contributed by atoms with Gasteiger partial charge in [-0.05, 0) is 0 Å². The third-order valence-electron chi connectivity index (χ3n) is 1.44. The Morgan fingerprint density at radius 1 is 1.43 bits per heavy atom. The van der Waals surface area contributed by atoms with Crippen LogP contribution in [0.3, 0.4) is 0 Å².